The molecule has 6 aromatic carbocycles. The van der Waals surface area contributed by atoms with Crippen LogP contribution in [0.5, 0.6) is 0 Å². The summed E-state index contributed by atoms with van der Waals surface area (Å²) in [6.45, 7) is 0. The first kappa shape index (κ1) is 25.4. The van der Waals surface area contributed by atoms with E-state index in [0.717, 1.165) is 41.1 Å². The molecule has 0 bridgehead atoms. The van der Waals surface area contributed by atoms with Gasteiger partial charge in [0.1, 0.15) is 6.17 Å². The van der Waals surface area contributed by atoms with E-state index in [1.165, 1.54) is 60.0 Å². The van der Waals surface area contributed by atoms with Crippen LogP contribution < -0.4 is 5.32 Å². The van der Waals surface area contributed by atoms with E-state index in [2.05, 4.69) is 149 Å². The van der Waals surface area contributed by atoms with Gasteiger partial charge in [-0.1, -0.05) is 109 Å². The molecule has 1 unspecified atom stereocenters. The zero-order valence-corrected chi connectivity index (χ0v) is 25.2. The molecule has 0 radical (unpaired) electrons. The highest BCUT2D eigenvalue weighted by Crippen LogP contribution is 2.41. The van der Waals surface area contributed by atoms with Crippen molar-refractivity contribution >= 4 is 55.1 Å². The smallest absolute Gasteiger partial charge is 0.145 e. The summed E-state index contributed by atoms with van der Waals surface area (Å²) in [5, 5.41) is 11.4. The number of allylic oxidation sites excluding steroid dienone is 3. The molecule has 0 saturated heterocycles. The molecule has 0 amide bonds. The van der Waals surface area contributed by atoms with Gasteiger partial charge in [-0.05, 0) is 87.5 Å². The number of nitrogens with zero attached hydrogens (tertiary/aromatic N) is 2. The third kappa shape index (κ3) is 3.70. The van der Waals surface area contributed by atoms with Crippen LogP contribution in [0.25, 0.3) is 55.1 Å². The van der Waals surface area contributed by atoms with Gasteiger partial charge >= 0.3 is 0 Å². The van der Waals surface area contributed by atoms with Crippen LogP contribution in [0, 0.1) is 0 Å². The van der Waals surface area contributed by atoms with Crippen LogP contribution in [0.1, 0.15) is 34.8 Å². The van der Waals surface area contributed by atoms with E-state index in [1.54, 1.807) is 0 Å². The molecular formula is C43H29N3. The van der Waals surface area contributed by atoms with Gasteiger partial charge in [-0.15, -0.1) is 0 Å². The van der Waals surface area contributed by atoms with E-state index < -0.39 is 0 Å². The first-order chi connectivity index (χ1) is 22.8. The molecule has 0 spiro atoms. The molecule has 1 N–H and O–H groups in total. The van der Waals surface area contributed by atoms with Gasteiger partial charge in [-0.3, -0.25) is 4.99 Å². The lowest BCUT2D eigenvalue weighted by Crippen LogP contribution is -2.29. The maximum atomic E-state index is 5.43. The lowest BCUT2D eigenvalue weighted by Gasteiger charge is -2.28. The van der Waals surface area contributed by atoms with Crippen LogP contribution in [0.4, 0.5) is 0 Å². The number of hydrogen-bond acceptors (Lipinski definition) is 2. The standard InChI is InChI=1S/C43H29N3/c1-4-16-32-27(10-1)13-8-19-35(32)42-36-20-9-21-37(36)44-43(45-42)30-14-7-15-31(26-30)46-38-24-22-28-11-2-5-17-33(28)40(38)41-34-18-6-3-12-29(34)23-25-39(41)46/h1-3,5-15,17-20,22-26,43-44H,4,16H2. The number of rotatable bonds is 3. The molecular weight excluding hydrogens is 558 g/mol. The molecule has 0 fully saturated rings. The molecule has 10 rings (SSSR count). The minimum atomic E-state index is -0.231. The van der Waals surface area contributed by atoms with E-state index in [4.69, 9.17) is 4.99 Å². The predicted molar refractivity (Wildman–Crippen MR) is 192 cm³/mol. The fourth-order valence-corrected chi connectivity index (χ4v) is 7.79. The van der Waals surface area contributed by atoms with Crippen molar-refractivity contribution in [3.8, 4) is 5.69 Å². The second kappa shape index (κ2) is 9.81. The Bertz CT molecular complexity index is 2510. The minimum absolute atomic E-state index is 0.231. The SMILES string of the molecule is C1=CC=C2C=1NC(c1cccc(-n3c4ccc5ccccc5c4c4c5ccccc5ccc43)c1)N=C2c1cccc2c1CCC=C2. The van der Waals surface area contributed by atoms with Crippen molar-refractivity contribution in [3.05, 3.63) is 173 Å². The van der Waals surface area contributed by atoms with E-state index in [1.807, 2.05) is 6.08 Å². The number of nitrogens with one attached hydrogen (secondary N) is 1. The van der Waals surface area contributed by atoms with E-state index in [9.17, 15) is 0 Å². The third-order valence-electron chi connectivity index (χ3n) is 9.86. The van der Waals surface area contributed by atoms with Crippen LogP contribution in [-0.4, -0.2) is 10.3 Å². The van der Waals surface area contributed by atoms with Crippen LogP contribution in [0.2, 0.25) is 0 Å². The molecule has 3 heteroatoms. The maximum absolute atomic E-state index is 5.43. The Labute approximate surface area is 266 Å². The van der Waals surface area contributed by atoms with Crippen molar-refractivity contribution in [1.29, 1.82) is 0 Å². The molecule has 0 saturated carbocycles. The summed E-state index contributed by atoms with van der Waals surface area (Å²) in [6.07, 6.45) is 10.5. The number of benzene rings is 6. The summed E-state index contributed by atoms with van der Waals surface area (Å²) >= 11 is 0. The van der Waals surface area contributed by atoms with E-state index in [0.29, 0.717) is 0 Å². The van der Waals surface area contributed by atoms with Crippen molar-refractivity contribution in [2.75, 3.05) is 0 Å². The first-order valence-electron chi connectivity index (χ1n) is 16.1. The Morgan fingerprint density at radius 3 is 2.26 bits per heavy atom. The van der Waals surface area contributed by atoms with Crippen molar-refractivity contribution in [2.45, 2.75) is 19.0 Å². The normalized spacial score (nSPS) is 16.8. The van der Waals surface area contributed by atoms with Gasteiger partial charge in [0, 0.05) is 27.6 Å². The lowest BCUT2D eigenvalue weighted by atomic mass is 9.87. The van der Waals surface area contributed by atoms with Gasteiger partial charge in [0.05, 0.1) is 22.4 Å². The van der Waals surface area contributed by atoms with Crippen molar-refractivity contribution in [2.24, 2.45) is 4.99 Å². The summed E-state index contributed by atoms with van der Waals surface area (Å²) in [6, 6.07) is 42.0. The molecule has 2 heterocycles. The number of hydrogen-bond donors (Lipinski definition) is 1. The van der Waals surface area contributed by atoms with Gasteiger partial charge in [-0.2, -0.15) is 0 Å². The summed E-state index contributed by atoms with van der Waals surface area (Å²) in [7, 11) is 0. The van der Waals surface area contributed by atoms with Crippen LogP contribution in [0.15, 0.2) is 155 Å². The lowest BCUT2D eigenvalue weighted by molar-refractivity contribution is 0.624. The Kier molecular flexibility index (Phi) is 5.42. The fourth-order valence-electron chi connectivity index (χ4n) is 7.79. The largest absolute Gasteiger partial charge is 0.353 e. The zero-order valence-electron chi connectivity index (χ0n) is 25.2. The zero-order chi connectivity index (χ0) is 30.2. The topological polar surface area (TPSA) is 29.3 Å². The molecule has 216 valence electrons. The van der Waals surface area contributed by atoms with Crippen LogP contribution in [0.3, 0.4) is 0 Å². The van der Waals surface area contributed by atoms with Gasteiger partial charge in [0.2, 0.25) is 0 Å². The molecule has 2 aliphatic carbocycles. The fraction of sp³-hybridized carbons (Fsp3) is 0.0698. The third-order valence-corrected chi connectivity index (χ3v) is 9.86. The molecule has 46 heavy (non-hydrogen) atoms. The summed E-state index contributed by atoms with van der Waals surface area (Å²) in [4.78, 5) is 5.43. The van der Waals surface area contributed by atoms with Crippen LogP contribution >= 0.6 is 0 Å². The molecule has 3 aliphatic rings. The van der Waals surface area contributed by atoms with Gasteiger partial charge in [0.25, 0.3) is 0 Å². The number of aromatic nitrogens is 1. The average molecular weight is 588 g/mol. The van der Waals surface area contributed by atoms with Crippen molar-refractivity contribution in [3.63, 3.8) is 0 Å². The molecule has 7 aromatic rings. The van der Waals surface area contributed by atoms with Crippen molar-refractivity contribution in [1.82, 2.24) is 9.88 Å². The second-order valence-corrected chi connectivity index (χ2v) is 12.4. The predicted octanol–water partition coefficient (Wildman–Crippen LogP) is 10.1. The Morgan fingerprint density at radius 1 is 0.739 bits per heavy atom. The van der Waals surface area contributed by atoms with E-state index >= 15 is 0 Å². The molecule has 1 aliphatic heterocycles. The highest BCUT2D eigenvalue weighted by atomic mass is 15.1. The second-order valence-electron chi connectivity index (χ2n) is 12.4. The van der Waals surface area contributed by atoms with E-state index in [-0.39, 0.29) is 6.17 Å². The van der Waals surface area contributed by atoms with Gasteiger partial charge < -0.3 is 9.88 Å². The first-order valence-corrected chi connectivity index (χ1v) is 16.1. The quantitative estimate of drug-likeness (QED) is 0.205. The minimum Gasteiger partial charge on any atom is -0.353 e. The Morgan fingerprint density at radius 2 is 1.48 bits per heavy atom. The summed E-state index contributed by atoms with van der Waals surface area (Å²) in [5.74, 6) is 0. The summed E-state index contributed by atoms with van der Waals surface area (Å²) in [5.41, 5.74) is 15.2. The molecule has 1 aromatic heterocycles. The van der Waals surface area contributed by atoms with Crippen LogP contribution in [-0.2, 0) is 6.42 Å². The van der Waals surface area contributed by atoms with Crippen molar-refractivity contribution < 1.29 is 0 Å². The van der Waals surface area contributed by atoms with Gasteiger partial charge in [0.15, 0.2) is 0 Å². The molecule has 1 atom stereocenters. The molecule has 3 nitrogen and oxygen atoms in total. The Balaban J connectivity index is 1.19. The maximum Gasteiger partial charge on any atom is 0.145 e. The Hall–Kier alpha value is -5.89. The van der Waals surface area contributed by atoms with Gasteiger partial charge in [-0.25, -0.2) is 0 Å². The average Bonchev–Trinajstić information content (AvgIpc) is 3.74. The monoisotopic (exact) mass is 587 g/mol. The summed E-state index contributed by atoms with van der Waals surface area (Å²) < 4.78 is 2.43. The number of fused-ring (bicyclic) bond motifs is 9. The highest BCUT2D eigenvalue weighted by Gasteiger charge is 2.28. The highest BCUT2D eigenvalue weighted by molar-refractivity contribution is 6.28. The number of aliphatic imine (C=N–C) groups is 1.